The number of esters is 1. The normalized spacial score (nSPS) is 13.8. The highest BCUT2D eigenvalue weighted by Crippen LogP contribution is 2.36. The maximum Gasteiger partial charge on any atom is 0.341 e. The Morgan fingerprint density at radius 1 is 1.28 bits per heavy atom. The molecule has 1 fully saturated rings. The van der Waals surface area contributed by atoms with Gasteiger partial charge in [0.15, 0.2) is 5.11 Å². The lowest BCUT2D eigenvalue weighted by atomic mass is 10.0. The Morgan fingerprint density at radius 2 is 1.96 bits per heavy atom. The Morgan fingerprint density at radius 3 is 2.60 bits per heavy atom. The van der Waals surface area contributed by atoms with Crippen molar-refractivity contribution in [2.45, 2.75) is 26.7 Å². The number of hydrogen-bond donors (Lipinski definition) is 1. The number of likely N-dealkylation sites (tertiary alicyclic amines) is 1. The fourth-order valence-corrected chi connectivity index (χ4v) is 4.20. The highest BCUT2D eigenvalue weighted by Gasteiger charge is 2.23. The molecule has 1 aliphatic rings. The molecular formula is C19H22N2O2S2. The molecule has 1 saturated heterocycles. The second-order valence-electron chi connectivity index (χ2n) is 6.06. The summed E-state index contributed by atoms with van der Waals surface area (Å²) < 4.78 is 5.29. The highest BCUT2D eigenvalue weighted by molar-refractivity contribution is 7.80. The highest BCUT2D eigenvalue weighted by atomic mass is 32.1. The van der Waals surface area contributed by atoms with Gasteiger partial charge in [-0.3, -0.25) is 0 Å². The van der Waals surface area contributed by atoms with E-state index in [0.29, 0.717) is 17.3 Å². The lowest BCUT2D eigenvalue weighted by molar-refractivity contribution is 0.0529. The summed E-state index contributed by atoms with van der Waals surface area (Å²) in [4.78, 5) is 14.7. The number of anilines is 1. The standard InChI is InChI=1S/C19H22N2O2S2/c1-3-23-18(22)16-15(14-8-6-13(2)7-9-14)12-25-17(16)20-19(24)21-10-4-5-11-21/h6-9,12H,3-5,10-11H2,1-2H3,(H,20,24). The molecule has 6 heteroatoms. The van der Waals surface area contributed by atoms with Crippen molar-refractivity contribution in [2.24, 2.45) is 0 Å². The third-order valence-corrected chi connectivity index (χ3v) is 5.50. The summed E-state index contributed by atoms with van der Waals surface area (Å²) in [5.41, 5.74) is 3.64. The zero-order chi connectivity index (χ0) is 17.8. The van der Waals surface area contributed by atoms with Gasteiger partial charge in [0.2, 0.25) is 0 Å². The average Bonchev–Trinajstić information content (AvgIpc) is 3.25. The van der Waals surface area contributed by atoms with Crippen LogP contribution in [0.3, 0.4) is 0 Å². The molecule has 1 aliphatic heterocycles. The van der Waals surface area contributed by atoms with Crippen LogP contribution in [0, 0.1) is 6.92 Å². The van der Waals surface area contributed by atoms with E-state index in [0.717, 1.165) is 42.1 Å². The summed E-state index contributed by atoms with van der Waals surface area (Å²) >= 11 is 7.01. The van der Waals surface area contributed by atoms with Gasteiger partial charge in [-0.15, -0.1) is 11.3 Å². The van der Waals surface area contributed by atoms with Gasteiger partial charge in [-0.1, -0.05) is 29.8 Å². The maximum absolute atomic E-state index is 12.6. The summed E-state index contributed by atoms with van der Waals surface area (Å²) in [6, 6.07) is 8.15. The fraction of sp³-hybridized carbons (Fsp3) is 0.368. The van der Waals surface area contributed by atoms with Gasteiger partial charge in [0.1, 0.15) is 10.6 Å². The van der Waals surface area contributed by atoms with Crippen molar-refractivity contribution >= 4 is 39.6 Å². The number of benzene rings is 1. The summed E-state index contributed by atoms with van der Waals surface area (Å²) in [6.07, 6.45) is 2.32. The summed E-state index contributed by atoms with van der Waals surface area (Å²) in [5.74, 6) is -0.314. The molecule has 4 nitrogen and oxygen atoms in total. The molecule has 3 rings (SSSR count). The number of nitrogens with zero attached hydrogens (tertiary/aromatic N) is 1. The monoisotopic (exact) mass is 374 g/mol. The Balaban J connectivity index is 1.93. The molecule has 0 aliphatic carbocycles. The van der Waals surface area contributed by atoms with Crippen LogP contribution in [-0.2, 0) is 4.74 Å². The van der Waals surface area contributed by atoms with Gasteiger partial charge in [-0.2, -0.15) is 0 Å². The van der Waals surface area contributed by atoms with Crippen molar-refractivity contribution < 1.29 is 9.53 Å². The van der Waals surface area contributed by atoms with E-state index in [1.165, 1.54) is 16.9 Å². The second-order valence-corrected chi connectivity index (χ2v) is 7.33. The number of carbonyl (C=O) groups excluding carboxylic acids is 1. The molecular weight excluding hydrogens is 352 g/mol. The minimum atomic E-state index is -0.314. The first-order valence-corrected chi connectivity index (χ1v) is 9.80. The predicted octanol–water partition coefficient (Wildman–Crippen LogP) is 4.69. The van der Waals surface area contributed by atoms with Crippen LogP contribution in [0.1, 0.15) is 35.7 Å². The average molecular weight is 375 g/mol. The summed E-state index contributed by atoms with van der Waals surface area (Å²) in [6.45, 7) is 6.15. The number of hydrogen-bond acceptors (Lipinski definition) is 4. The predicted molar refractivity (Wildman–Crippen MR) is 107 cm³/mol. The molecule has 1 N–H and O–H groups in total. The van der Waals surface area contributed by atoms with E-state index in [4.69, 9.17) is 17.0 Å². The number of rotatable bonds is 4. The van der Waals surface area contributed by atoms with E-state index in [1.807, 2.05) is 43.5 Å². The zero-order valence-corrected chi connectivity index (χ0v) is 16.1. The van der Waals surface area contributed by atoms with E-state index in [2.05, 4.69) is 10.2 Å². The van der Waals surface area contributed by atoms with Crippen molar-refractivity contribution in [3.63, 3.8) is 0 Å². The number of thiophene rings is 1. The molecule has 0 saturated carbocycles. The molecule has 132 valence electrons. The first-order valence-electron chi connectivity index (χ1n) is 8.51. The number of aryl methyl sites for hydroxylation is 1. The summed E-state index contributed by atoms with van der Waals surface area (Å²) in [5, 5.41) is 6.70. The lowest BCUT2D eigenvalue weighted by Crippen LogP contribution is -2.32. The van der Waals surface area contributed by atoms with Crippen LogP contribution in [-0.4, -0.2) is 35.7 Å². The van der Waals surface area contributed by atoms with Gasteiger partial charge < -0.3 is 15.0 Å². The van der Waals surface area contributed by atoms with Crippen molar-refractivity contribution in [1.29, 1.82) is 0 Å². The van der Waals surface area contributed by atoms with Crippen LogP contribution in [0.2, 0.25) is 0 Å². The third kappa shape index (κ3) is 4.02. The Bertz CT molecular complexity index is 762. The number of carbonyl (C=O) groups is 1. The quantitative estimate of drug-likeness (QED) is 0.621. The largest absolute Gasteiger partial charge is 0.462 e. The van der Waals surface area contributed by atoms with Gasteiger partial charge in [-0.05, 0) is 44.5 Å². The van der Waals surface area contributed by atoms with Crippen molar-refractivity contribution in [3.8, 4) is 11.1 Å². The summed E-state index contributed by atoms with van der Waals surface area (Å²) in [7, 11) is 0. The smallest absolute Gasteiger partial charge is 0.341 e. The van der Waals surface area contributed by atoms with Crippen LogP contribution in [0.25, 0.3) is 11.1 Å². The van der Waals surface area contributed by atoms with Crippen LogP contribution >= 0.6 is 23.6 Å². The molecule has 0 radical (unpaired) electrons. The molecule has 0 unspecified atom stereocenters. The van der Waals surface area contributed by atoms with E-state index in [9.17, 15) is 4.79 Å². The van der Waals surface area contributed by atoms with E-state index in [1.54, 1.807) is 0 Å². The molecule has 0 amide bonds. The molecule has 2 aromatic rings. The van der Waals surface area contributed by atoms with Gasteiger partial charge in [-0.25, -0.2) is 4.79 Å². The fourth-order valence-electron chi connectivity index (χ4n) is 2.90. The van der Waals surface area contributed by atoms with E-state index < -0.39 is 0 Å². The Kier molecular flexibility index (Phi) is 5.71. The third-order valence-electron chi connectivity index (χ3n) is 4.25. The van der Waals surface area contributed by atoms with Crippen LogP contribution < -0.4 is 5.32 Å². The number of nitrogens with one attached hydrogen (secondary N) is 1. The second kappa shape index (κ2) is 7.97. The van der Waals surface area contributed by atoms with Gasteiger partial charge in [0.05, 0.1) is 6.61 Å². The Hall–Kier alpha value is -1.92. The minimum Gasteiger partial charge on any atom is -0.462 e. The van der Waals surface area contributed by atoms with E-state index in [-0.39, 0.29) is 5.97 Å². The number of ether oxygens (including phenoxy) is 1. The first-order chi connectivity index (χ1) is 12.1. The first kappa shape index (κ1) is 17.9. The minimum absolute atomic E-state index is 0.314. The van der Waals surface area contributed by atoms with Gasteiger partial charge >= 0.3 is 5.97 Å². The van der Waals surface area contributed by atoms with E-state index >= 15 is 0 Å². The molecule has 1 aromatic carbocycles. The molecule has 2 heterocycles. The lowest BCUT2D eigenvalue weighted by Gasteiger charge is -2.19. The molecule has 0 bridgehead atoms. The van der Waals surface area contributed by atoms with Crippen molar-refractivity contribution in [3.05, 3.63) is 40.8 Å². The van der Waals surface area contributed by atoms with Crippen LogP contribution in [0.5, 0.6) is 0 Å². The van der Waals surface area contributed by atoms with Crippen LogP contribution in [0.4, 0.5) is 5.00 Å². The molecule has 1 aromatic heterocycles. The molecule has 0 spiro atoms. The molecule has 0 atom stereocenters. The van der Waals surface area contributed by atoms with Gasteiger partial charge in [0, 0.05) is 24.0 Å². The maximum atomic E-state index is 12.6. The Labute approximate surface area is 157 Å². The van der Waals surface area contributed by atoms with Gasteiger partial charge in [0.25, 0.3) is 0 Å². The van der Waals surface area contributed by atoms with Crippen molar-refractivity contribution in [2.75, 3.05) is 25.0 Å². The van der Waals surface area contributed by atoms with Crippen molar-refractivity contribution in [1.82, 2.24) is 4.90 Å². The topological polar surface area (TPSA) is 41.6 Å². The zero-order valence-electron chi connectivity index (χ0n) is 14.5. The van der Waals surface area contributed by atoms with Crippen LogP contribution in [0.15, 0.2) is 29.6 Å². The number of thiocarbonyl (C=S) groups is 1. The SMILES string of the molecule is CCOC(=O)c1c(-c2ccc(C)cc2)csc1NC(=S)N1CCCC1. The molecule has 25 heavy (non-hydrogen) atoms.